The summed E-state index contributed by atoms with van der Waals surface area (Å²) in [5.74, 6) is -1.02. The van der Waals surface area contributed by atoms with Crippen molar-refractivity contribution < 1.29 is 19.1 Å². The van der Waals surface area contributed by atoms with Gasteiger partial charge in [-0.1, -0.05) is 20.3 Å². The number of rotatable bonds is 4. The molecule has 0 aliphatic heterocycles. The fraction of sp³-hybridized carbons (Fsp3) is 0.846. The van der Waals surface area contributed by atoms with Crippen molar-refractivity contribution in [3.8, 4) is 0 Å². The van der Waals surface area contributed by atoms with Gasteiger partial charge in [0.2, 0.25) is 0 Å². The van der Waals surface area contributed by atoms with E-state index in [-0.39, 0.29) is 24.1 Å². The molecule has 0 unspecified atom stereocenters. The summed E-state index contributed by atoms with van der Waals surface area (Å²) in [5, 5.41) is 0. The van der Waals surface area contributed by atoms with Crippen LogP contribution in [0.4, 0.5) is 0 Å². The second-order valence-corrected chi connectivity index (χ2v) is 5.25. The van der Waals surface area contributed by atoms with Gasteiger partial charge in [-0.25, -0.2) is 4.79 Å². The van der Waals surface area contributed by atoms with E-state index in [0.29, 0.717) is 0 Å². The highest BCUT2D eigenvalue weighted by molar-refractivity contribution is 5.77. The first-order valence-electron chi connectivity index (χ1n) is 6.31. The molecule has 0 aromatic rings. The van der Waals surface area contributed by atoms with Gasteiger partial charge in [-0.15, -0.1) is 0 Å². The van der Waals surface area contributed by atoms with E-state index in [1.54, 1.807) is 13.8 Å². The van der Waals surface area contributed by atoms with Crippen LogP contribution in [0.2, 0.25) is 0 Å². The summed E-state index contributed by atoms with van der Waals surface area (Å²) < 4.78 is 10.2. The van der Waals surface area contributed by atoms with Gasteiger partial charge < -0.3 is 9.47 Å². The van der Waals surface area contributed by atoms with Gasteiger partial charge in [0.25, 0.3) is 0 Å². The predicted molar refractivity (Wildman–Crippen MR) is 63.4 cm³/mol. The average molecular weight is 242 g/mol. The van der Waals surface area contributed by atoms with Crippen LogP contribution in [0, 0.1) is 5.92 Å². The number of esters is 2. The third kappa shape index (κ3) is 4.75. The van der Waals surface area contributed by atoms with Crippen LogP contribution < -0.4 is 0 Å². The average Bonchev–Trinajstić information content (AvgIpc) is 2.26. The van der Waals surface area contributed by atoms with E-state index in [1.165, 1.54) is 6.42 Å². The van der Waals surface area contributed by atoms with E-state index in [0.717, 1.165) is 25.7 Å². The van der Waals surface area contributed by atoms with Gasteiger partial charge in [0.15, 0.2) is 6.61 Å². The quantitative estimate of drug-likeness (QED) is 0.710. The zero-order valence-corrected chi connectivity index (χ0v) is 11.0. The van der Waals surface area contributed by atoms with Crippen molar-refractivity contribution >= 4 is 11.9 Å². The second kappa shape index (κ2) is 6.03. The summed E-state index contributed by atoms with van der Waals surface area (Å²) in [5.41, 5.74) is -0.362. The van der Waals surface area contributed by atoms with Crippen molar-refractivity contribution in [1.82, 2.24) is 0 Å². The number of hydrogen-bond donors (Lipinski definition) is 0. The standard InChI is InChI=1S/C13H22O4/c1-10(2)12(15)16-9-11(14)17-13(3)7-5-4-6-8-13/h10H,4-9H2,1-3H3. The van der Waals surface area contributed by atoms with Crippen molar-refractivity contribution in [1.29, 1.82) is 0 Å². The first kappa shape index (κ1) is 14.0. The molecule has 0 aromatic heterocycles. The van der Waals surface area contributed by atoms with E-state index in [9.17, 15) is 9.59 Å². The van der Waals surface area contributed by atoms with E-state index in [4.69, 9.17) is 9.47 Å². The lowest BCUT2D eigenvalue weighted by Gasteiger charge is -2.33. The normalized spacial score (nSPS) is 18.8. The Balaban J connectivity index is 2.31. The van der Waals surface area contributed by atoms with E-state index >= 15 is 0 Å². The summed E-state index contributed by atoms with van der Waals surface area (Å²) in [6.07, 6.45) is 5.19. The monoisotopic (exact) mass is 242 g/mol. The number of hydrogen-bond acceptors (Lipinski definition) is 4. The molecular weight excluding hydrogens is 220 g/mol. The summed E-state index contributed by atoms with van der Waals surface area (Å²) in [4.78, 5) is 22.7. The van der Waals surface area contributed by atoms with Crippen LogP contribution in [0.15, 0.2) is 0 Å². The Labute approximate surface area is 103 Å². The Morgan fingerprint density at radius 2 is 1.76 bits per heavy atom. The topological polar surface area (TPSA) is 52.6 Å². The maximum absolute atomic E-state index is 11.5. The van der Waals surface area contributed by atoms with Gasteiger partial charge >= 0.3 is 11.9 Å². The van der Waals surface area contributed by atoms with Gasteiger partial charge in [0.1, 0.15) is 5.60 Å². The summed E-state index contributed by atoms with van der Waals surface area (Å²) in [6.45, 7) is 5.15. The number of carbonyl (C=O) groups is 2. The molecule has 0 amide bonds. The predicted octanol–water partition coefficient (Wildman–Crippen LogP) is 2.45. The maximum atomic E-state index is 11.5. The Kier molecular flexibility index (Phi) is 4.97. The molecule has 0 saturated heterocycles. The first-order chi connectivity index (χ1) is 7.93. The molecule has 4 nitrogen and oxygen atoms in total. The zero-order valence-electron chi connectivity index (χ0n) is 11.0. The summed E-state index contributed by atoms with van der Waals surface area (Å²) in [7, 11) is 0. The molecule has 98 valence electrons. The third-order valence-electron chi connectivity index (χ3n) is 3.08. The van der Waals surface area contributed by atoms with Crippen LogP contribution in [0.1, 0.15) is 52.9 Å². The second-order valence-electron chi connectivity index (χ2n) is 5.25. The van der Waals surface area contributed by atoms with Crippen LogP contribution in [0.5, 0.6) is 0 Å². The molecule has 4 heteroatoms. The lowest BCUT2D eigenvalue weighted by molar-refractivity contribution is -0.172. The van der Waals surface area contributed by atoms with Crippen molar-refractivity contribution in [2.24, 2.45) is 5.92 Å². The van der Waals surface area contributed by atoms with Crippen LogP contribution in [-0.4, -0.2) is 24.1 Å². The minimum atomic E-state index is -0.441. The van der Waals surface area contributed by atoms with Gasteiger partial charge in [0, 0.05) is 0 Å². The molecule has 0 atom stereocenters. The fourth-order valence-electron chi connectivity index (χ4n) is 2.00. The Bertz CT molecular complexity index is 277. The summed E-state index contributed by atoms with van der Waals surface area (Å²) in [6, 6.07) is 0. The van der Waals surface area contributed by atoms with Crippen LogP contribution in [-0.2, 0) is 19.1 Å². The number of ether oxygens (including phenoxy) is 2. The fourth-order valence-corrected chi connectivity index (χ4v) is 2.00. The van der Waals surface area contributed by atoms with Crippen LogP contribution in [0.25, 0.3) is 0 Å². The molecule has 0 aromatic carbocycles. The SMILES string of the molecule is CC(C)C(=O)OCC(=O)OC1(C)CCCCC1. The van der Waals surface area contributed by atoms with Gasteiger partial charge in [0.05, 0.1) is 5.92 Å². The van der Waals surface area contributed by atoms with Crippen molar-refractivity contribution in [2.45, 2.75) is 58.5 Å². The molecule has 1 rings (SSSR count). The minimum absolute atomic E-state index is 0.215. The molecule has 1 fully saturated rings. The minimum Gasteiger partial charge on any atom is -0.457 e. The maximum Gasteiger partial charge on any atom is 0.344 e. The largest absolute Gasteiger partial charge is 0.457 e. The van der Waals surface area contributed by atoms with Crippen LogP contribution in [0.3, 0.4) is 0 Å². The van der Waals surface area contributed by atoms with Gasteiger partial charge in [-0.2, -0.15) is 0 Å². The highest BCUT2D eigenvalue weighted by Crippen LogP contribution is 2.31. The molecule has 0 N–H and O–H groups in total. The molecule has 1 saturated carbocycles. The van der Waals surface area contributed by atoms with Crippen molar-refractivity contribution in [3.05, 3.63) is 0 Å². The molecule has 17 heavy (non-hydrogen) atoms. The molecule has 0 spiro atoms. The van der Waals surface area contributed by atoms with Crippen molar-refractivity contribution in [3.63, 3.8) is 0 Å². The van der Waals surface area contributed by atoms with E-state index in [2.05, 4.69) is 0 Å². The molecule has 0 bridgehead atoms. The van der Waals surface area contributed by atoms with Gasteiger partial charge in [-0.3, -0.25) is 4.79 Å². The third-order valence-corrected chi connectivity index (χ3v) is 3.08. The lowest BCUT2D eigenvalue weighted by atomic mass is 9.86. The smallest absolute Gasteiger partial charge is 0.344 e. The Morgan fingerprint density at radius 1 is 1.18 bits per heavy atom. The molecule has 1 aliphatic rings. The molecule has 0 heterocycles. The van der Waals surface area contributed by atoms with Gasteiger partial charge in [-0.05, 0) is 32.6 Å². The highest BCUT2D eigenvalue weighted by Gasteiger charge is 2.31. The Hall–Kier alpha value is -1.06. The van der Waals surface area contributed by atoms with E-state index in [1.807, 2.05) is 6.92 Å². The molecular formula is C13H22O4. The number of carbonyl (C=O) groups excluding carboxylic acids is 2. The summed E-state index contributed by atoms with van der Waals surface area (Å²) >= 11 is 0. The zero-order chi connectivity index (χ0) is 12.9. The van der Waals surface area contributed by atoms with Crippen molar-refractivity contribution in [2.75, 3.05) is 6.61 Å². The van der Waals surface area contributed by atoms with Crippen LogP contribution >= 0.6 is 0 Å². The van der Waals surface area contributed by atoms with E-state index < -0.39 is 5.97 Å². The first-order valence-corrected chi connectivity index (χ1v) is 6.31. The highest BCUT2D eigenvalue weighted by atomic mass is 16.6. The molecule has 1 aliphatic carbocycles. The molecule has 0 radical (unpaired) electrons. The lowest BCUT2D eigenvalue weighted by Crippen LogP contribution is -2.35. The Morgan fingerprint density at radius 3 is 2.29 bits per heavy atom.